The first kappa shape index (κ1) is 32.1. The molecule has 1 atom stereocenters. The molecule has 0 saturated heterocycles. The maximum absolute atomic E-state index is 14.1. The number of hydrogen-bond donors (Lipinski definition) is 1. The Kier molecular flexibility index (Phi) is 10.8. The fraction of sp³-hybridized carbons (Fsp3) is 0.333. The van der Waals surface area contributed by atoms with Crippen LogP contribution in [0.5, 0.6) is 0 Å². The van der Waals surface area contributed by atoms with Crippen LogP contribution in [-0.2, 0) is 26.2 Å². The van der Waals surface area contributed by atoms with E-state index >= 15 is 0 Å². The number of nitrogens with one attached hydrogen (secondary N) is 1. The minimum atomic E-state index is -4.32. The number of carbonyl (C=O) groups is 2. The summed E-state index contributed by atoms with van der Waals surface area (Å²) in [6.45, 7) is 0.716. The lowest BCUT2D eigenvalue weighted by Gasteiger charge is -2.33. The van der Waals surface area contributed by atoms with E-state index in [2.05, 4.69) is 5.32 Å². The van der Waals surface area contributed by atoms with E-state index in [9.17, 15) is 22.4 Å². The van der Waals surface area contributed by atoms with Crippen molar-refractivity contribution in [2.75, 3.05) is 10.8 Å². The molecule has 1 fully saturated rings. The molecule has 0 radical (unpaired) electrons. The number of carbonyl (C=O) groups excluding carboxylic acids is 2. The first-order valence-electron chi connectivity index (χ1n) is 13.5. The first-order chi connectivity index (χ1) is 20.0. The number of nitrogens with zero attached hydrogens (tertiary/aromatic N) is 2. The number of hydrogen-bond acceptors (Lipinski definition) is 4. The van der Waals surface area contributed by atoms with Gasteiger partial charge in [-0.1, -0.05) is 78.3 Å². The van der Waals surface area contributed by atoms with E-state index < -0.39 is 34.3 Å². The monoisotopic (exact) mass is 653 g/mol. The van der Waals surface area contributed by atoms with Crippen LogP contribution in [0.2, 0.25) is 15.1 Å². The molecule has 12 heteroatoms. The number of anilines is 1. The summed E-state index contributed by atoms with van der Waals surface area (Å²) in [7, 11) is -4.32. The van der Waals surface area contributed by atoms with Crippen LogP contribution < -0.4 is 9.62 Å². The molecule has 2 amide bonds. The molecule has 224 valence electrons. The van der Waals surface area contributed by atoms with Crippen molar-refractivity contribution in [1.29, 1.82) is 0 Å². The van der Waals surface area contributed by atoms with E-state index in [4.69, 9.17) is 34.8 Å². The van der Waals surface area contributed by atoms with Crippen LogP contribution in [0.3, 0.4) is 0 Å². The topological polar surface area (TPSA) is 86.8 Å². The average molecular weight is 655 g/mol. The van der Waals surface area contributed by atoms with Crippen LogP contribution >= 0.6 is 34.8 Å². The highest BCUT2D eigenvalue weighted by molar-refractivity contribution is 7.92. The normalized spacial score (nSPS) is 14.7. The zero-order valence-electron chi connectivity index (χ0n) is 22.9. The lowest BCUT2D eigenvalue weighted by Crippen LogP contribution is -2.53. The molecule has 0 spiro atoms. The summed E-state index contributed by atoms with van der Waals surface area (Å²) in [5.41, 5.74) is 0.391. The zero-order chi connectivity index (χ0) is 30.4. The number of amides is 2. The predicted octanol–water partition coefficient (Wildman–Crippen LogP) is 6.85. The van der Waals surface area contributed by atoms with Gasteiger partial charge >= 0.3 is 0 Å². The standard InChI is InChI=1S/C30H31Cl3FN3O4S/c1-20(30(39)35-21-9-4-2-5-10-21)36(18-24-25(31)13-8-14-26(24)32)29(38)19-37(22-15-16-28(34)27(33)17-22)42(40,41)23-11-6-3-7-12-23/h3,6-8,11-17,20-21H,2,4-5,9-10,18-19H2,1H3,(H,35,39). The Hall–Kier alpha value is -2.85. The zero-order valence-corrected chi connectivity index (χ0v) is 26.0. The van der Waals surface area contributed by atoms with Crippen LogP contribution in [0.15, 0.2) is 71.6 Å². The van der Waals surface area contributed by atoms with Gasteiger partial charge in [-0.15, -0.1) is 0 Å². The lowest BCUT2D eigenvalue weighted by molar-refractivity contribution is -0.139. The molecular weight excluding hydrogens is 624 g/mol. The number of rotatable bonds is 10. The fourth-order valence-corrected chi connectivity index (χ4v) is 7.01. The summed E-state index contributed by atoms with van der Waals surface area (Å²) >= 11 is 18.9. The van der Waals surface area contributed by atoms with Gasteiger partial charge in [-0.2, -0.15) is 0 Å². The van der Waals surface area contributed by atoms with Crippen molar-refractivity contribution in [3.05, 3.63) is 93.2 Å². The lowest BCUT2D eigenvalue weighted by atomic mass is 9.95. The van der Waals surface area contributed by atoms with Crippen molar-refractivity contribution >= 4 is 62.3 Å². The SMILES string of the molecule is CC(C(=O)NC1CCCCC1)N(Cc1c(Cl)cccc1Cl)C(=O)CN(c1ccc(F)c(Cl)c1)S(=O)(=O)c1ccccc1. The van der Waals surface area contributed by atoms with Gasteiger partial charge in [0, 0.05) is 28.2 Å². The third-order valence-corrected chi connectivity index (χ3v) is 10.1. The van der Waals surface area contributed by atoms with Gasteiger partial charge < -0.3 is 10.2 Å². The van der Waals surface area contributed by atoms with Crippen LogP contribution in [0, 0.1) is 5.82 Å². The van der Waals surface area contributed by atoms with Crippen LogP contribution in [-0.4, -0.2) is 43.8 Å². The Balaban J connectivity index is 1.72. The number of halogens is 4. The quantitative estimate of drug-likeness (QED) is 0.259. The minimum absolute atomic E-state index is 0.00846. The van der Waals surface area contributed by atoms with Crippen molar-refractivity contribution in [3.8, 4) is 0 Å². The molecule has 1 aliphatic rings. The van der Waals surface area contributed by atoms with Crippen molar-refractivity contribution in [2.45, 2.75) is 62.6 Å². The van der Waals surface area contributed by atoms with E-state index in [1.54, 1.807) is 43.3 Å². The van der Waals surface area contributed by atoms with Gasteiger partial charge in [0.1, 0.15) is 18.4 Å². The van der Waals surface area contributed by atoms with Crippen LogP contribution in [0.1, 0.15) is 44.6 Å². The Bertz CT molecular complexity index is 1520. The summed E-state index contributed by atoms with van der Waals surface area (Å²) < 4.78 is 42.5. The highest BCUT2D eigenvalue weighted by Gasteiger charge is 2.34. The third-order valence-electron chi connectivity index (χ3n) is 7.31. The molecule has 3 aromatic rings. The summed E-state index contributed by atoms with van der Waals surface area (Å²) in [4.78, 5) is 28.7. The second kappa shape index (κ2) is 14.1. The molecule has 0 bridgehead atoms. The van der Waals surface area contributed by atoms with Crippen molar-refractivity contribution in [2.24, 2.45) is 0 Å². The van der Waals surface area contributed by atoms with Gasteiger partial charge in [0.05, 0.1) is 15.6 Å². The van der Waals surface area contributed by atoms with Gasteiger partial charge in [-0.05, 0) is 62.2 Å². The second-order valence-corrected chi connectivity index (χ2v) is 13.2. The maximum atomic E-state index is 14.1. The molecule has 0 aliphatic heterocycles. The van der Waals surface area contributed by atoms with Crippen molar-refractivity contribution in [1.82, 2.24) is 10.2 Å². The van der Waals surface area contributed by atoms with Gasteiger partial charge in [-0.3, -0.25) is 13.9 Å². The maximum Gasteiger partial charge on any atom is 0.264 e. The molecule has 1 aliphatic carbocycles. The molecule has 4 rings (SSSR count). The molecule has 0 aromatic heterocycles. The van der Waals surface area contributed by atoms with E-state index in [1.807, 2.05) is 0 Å². The summed E-state index contributed by atoms with van der Waals surface area (Å²) in [6, 6.07) is 14.8. The fourth-order valence-electron chi connectivity index (χ4n) is 4.89. The van der Waals surface area contributed by atoms with Gasteiger partial charge in [0.2, 0.25) is 11.8 Å². The summed E-state index contributed by atoms with van der Waals surface area (Å²) in [6.07, 6.45) is 4.80. The first-order valence-corrected chi connectivity index (χ1v) is 16.1. The molecule has 7 nitrogen and oxygen atoms in total. The van der Waals surface area contributed by atoms with E-state index in [0.717, 1.165) is 48.5 Å². The highest BCUT2D eigenvalue weighted by Crippen LogP contribution is 2.30. The van der Waals surface area contributed by atoms with Crippen LogP contribution in [0.25, 0.3) is 0 Å². The average Bonchev–Trinajstić information content (AvgIpc) is 2.97. The molecule has 0 heterocycles. The van der Waals surface area contributed by atoms with Gasteiger partial charge in [-0.25, -0.2) is 12.8 Å². The Labute approximate surface area is 260 Å². The Morgan fingerprint density at radius 1 is 0.929 bits per heavy atom. The molecule has 1 unspecified atom stereocenters. The Morgan fingerprint density at radius 3 is 2.19 bits per heavy atom. The molecule has 1 N–H and O–H groups in total. The smallest absolute Gasteiger partial charge is 0.264 e. The van der Waals surface area contributed by atoms with E-state index in [1.165, 1.54) is 23.1 Å². The Morgan fingerprint density at radius 2 is 1.57 bits per heavy atom. The third kappa shape index (κ3) is 7.56. The summed E-state index contributed by atoms with van der Waals surface area (Å²) in [5.74, 6) is -1.82. The van der Waals surface area contributed by atoms with Gasteiger partial charge in [0.25, 0.3) is 10.0 Å². The second-order valence-electron chi connectivity index (χ2n) is 10.2. The van der Waals surface area contributed by atoms with Gasteiger partial charge in [0.15, 0.2) is 0 Å². The molecule has 1 saturated carbocycles. The van der Waals surface area contributed by atoms with Crippen LogP contribution in [0.4, 0.5) is 10.1 Å². The van der Waals surface area contributed by atoms with E-state index in [0.29, 0.717) is 15.6 Å². The molecular formula is C30H31Cl3FN3O4S. The molecule has 42 heavy (non-hydrogen) atoms. The van der Waals surface area contributed by atoms with E-state index in [-0.39, 0.29) is 34.1 Å². The predicted molar refractivity (Wildman–Crippen MR) is 164 cm³/mol. The summed E-state index contributed by atoms with van der Waals surface area (Å²) in [5, 5.41) is 3.30. The highest BCUT2D eigenvalue weighted by atomic mass is 35.5. The van der Waals surface area contributed by atoms with Crippen molar-refractivity contribution in [3.63, 3.8) is 0 Å². The largest absolute Gasteiger partial charge is 0.352 e. The number of sulfonamides is 1. The minimum Gasteiger partial charge on any atom is -0.352 e. The number of benzene rings is 3. The van der Waals surface area contributed by atoms with Crippen molar-refractivity contribution < 1.29 is 22.4 Å². The molecule has 3 aromatic carbocycles.